The first-order valence-corrected chi connectivity index (χ1v) is 6.66. The van der Waals surface area contributed by atoms with Crippen molar-refractivity contribution in [3.8, 4) is 0 Å². The molecule has 2 aromatic rings. The highest BCUT2D eigenvalue weighted by Crippen LogP contribution is 2.22. The molecular formula is C10H11FN4O3S. The Morgan fingerprint density at radius 2 is 2.00 bits per heavy atom. The Morgan fingerprint density at radius 3 is 2.53 bits per heavy atom. The van der Waals surface area contributed by atoms with Crippen molar-refractivity contribution in [3.63, 3.8) is 0 Å². The summed E-state index contributed by atoms with van der Waals surface area (Å²) in [5.41, 5.74) is 5.76. The van der Waals surface area contributed by atoms with Gasteiger partial charge in [-0.1, -0.05) is 5.10 Å². The van der Waals surface area contributed by atoms with Gasteiger partial charge in [-0.05, 0) is 19.1 Å². The van der Waals surface area contributed by atoms with E-state index >= 15 is 0 Å². The maximum Gasteiger partial charge on any atom is 0.329 e. The highest BCUT2D eigenvalue weighted by atomic mass is 32.2. The SMILES string of the molecule is Cc1nnc(NS(=O)(=O)c2cc(N)c(C)c(F)c2)o1. The number of hydrogen-bond donors (Lipinski definition) is 2. The molecule has 0 fully saturated rings. The van der Waals surface area contributed by atoms with Crippen LogP contribution in [0.15, 0.2) is 21.4 Å². The third-order valence-corrected chi connectivity index (χ3v) is 3.72. The summed E-state index contributed by atoms with van der Waals surface area (Å²) in [6.07, 6.45) is 0. The van der Waals surface area contributed by atoms with Gasteiger partial charge in [-0.15, -0.1) is 5.10 Å². The van der Waals surface area contributed by atoms with E-state index in [1.54, 1.807) is 0 Å². The fraction of sp³-hybridized carbons (Fsp3) is 0.200. The van der Waals surface area contributed by atoms with Gasteiger partial charge in [0.25, 0.3) is 10.0 Å². The van der Waals surface area contributed by atoms with Gasteiger partial charge in [-0.2, -0.15) is 0 Å². The fourth-order valence-corrected chi connectivity index (χ4v) is 2.31. The number of nitrogen functional groups attached to an aromatic ring is 1. The molecule has 0 saturated carbocycles. The van der Waals surface area contributed by atoms with Crippen LogP contribution in [0.3, 0.4) is 0 Å². The molecule has 0 spiro atoms. The van der Waals surface area contributed by atoms with Crippen LogP contribution in [-0.4, -0.2) is 18.6 Å². The van der Waals surface area contributed by atoms with Crippen LogP contribution in [0.4, 0.5) is 16.1 Å². The Balaban J connectivity index is 2.40. The van der Waals surface area contributed by atoms with Gasteiger partial charge in [-0.25, -0.2) is 17.5 Å². The van der Waals surface area contributed by atoms with Crippen LogP contribution < -0.4 is 10.5 Å². The van der Waals surface area contributed by atoms with Gasteiger partial charge in [0.2, 0.25) is 5.89 Å². The van der Waals surface area contributed by atoms with Crippen molar-refractivity contribution in [2.45, 2.75) is 18.7 Å². The lowest BCUT2D eigenvalue weighted by Crippen LogP contribution is -2.14. The summed E-state index contributed by atoms with van der Waals surface area (Å²) < 4.78 is 44.3. The molecule has 0 aliphatic carbocycles. The van der Waals surface area contributed by atoms with Gasteiger partial charge in [0, 0.05) is 18.2 Å². The number of aryl methyl sites for hydroxylation is 1. The molecule has 1 heterocycles. The Kier molecular flexibility index (Phi) is 3.14. The van der Waals surface area contributed by atoms with E-state index in [1.165, 1.54) is 13.8 Å². The molecule has 0 aliphatic heterocycles. The lowest BCUT2D eigenvalue weighted by molar-refractivity contribution is 0.534. The topological polar surface area (TPSA) is 111 Å². The van der Waals surface area contributed by atoms with E-state index in [9.17, 15) is 12.8 Å². The van der Waals surface area contributed by atoms with Crippen molar-refractivity contribution in [2.75, 3.05) is 10.5 Å². The first-order valence-electron chi connectivity index (χ1n) is 5.18. The number of anilines is 2. The number of benzene rings is 1. The zero-order valence-electron chi connectivity index (χ0n) is 10.1. The quantitative estimate of drug-likeness (QED) is 0.820. The molecule has 102 valence electrons. The van der Waals surface area contributed by atoms with E-state index in [0.717, 1.165) is 12.1 Å². The standard InChI is InChI=1S/C10H11FN4O3S/c1-5-8(11)3-7(4-9(5)12)19(16,17)15-10-14-13-6(2)18-10/h3-4H,12H2,1-2H3,(H,14,15). The van der Waals surface area contributed by atoms with Gasteiger partial charge < -0.3 is 10.2 Å². The maximum atomic E-state index is 13.5. The number of nitrogens with one attached hydrogen (secondary N) is 1. The molecule has 2 rings (SSSR count). The van der Waals surface area contributed by atoms with Crippen LogP contribution in [-0.2, 0) is 10.0 Å². The summed E-state index contributed by atoms with van der Waals surface area (Å²) in [6.45, 7) is 2.96. The summed E-state index contributed by atoms with van der Waals surface area (Å²) >= 11 is 0. The number of aromatic nitrogens is 2. The molecule has 0 aliphatic rings. The smallest absolute Gasteiger partial charge is 0.329 e. The number of rotatable bonds is 3. The average Bonchev–Trinajstić information content (AvgIpc) is 2.70. The van der Waals surface area contributed by atoms with Crippen molar-refractivity contribution < 1.29 is 17.2 Å². The van der Waals surface area contributed by atoms with E-state index in [-0.39, 0.29) is 28.1 Å². The van der Waals surface area contributed by atoms with Crippen LogP contribution >= 0.6 is 0 Å². The Hall–Kier alpha value is -2.16. The molecule has 1 aromatic carbocycles. The Bertz CT molecular complexity index is 703. The van der Waals surface area contributed by atoms with Gasteiger partial charge in [-0.3, -0.25) is 0 Å². The zero-order chi connectivity index (χ0) is 14.2. The van der Waals surface area contributed by atoms with Gasteiger partial charge in [0.15, 0.2) is 0 Å². The number of nitrogens with zero attached hydrogens (tertiary/aromatic N) is 2. The van der Waals surface area contributed by atoms with Crippen LogP contribution in [0.2, 0.25) is 0 Å². The van der Waals surface area contributed by atoms with Gasteiger partial charge >= 0.3 is 6.01 Å². The van der Waals surface area contributed by atoms with Crippen molar-refractivity contribution in [2.24, 2.45) is 0 Å². The second-order valence-corrected chi connectivity index (χ2v) is 5.53. The first-order chi connectivity index (χ1) is 8.79. The van der Waals surface area contributed by atoms with E-state index in [1.807, 2.05) is 4.72 Å². The van der Waals surface area contributed by atoms with Crippen molar-refractivity contribution in [1.29, 1.82) is 0 Å². The van der Waals surface area contributed by atoms with Gasteiger partial charge in [0.05, 0.1) is 4.90 Å². The molecule has 7 nitrogen and oxygen atoms in total. The molecule has 1 aromatic heterocycles. The molecule has 0 radical (unpaired) electrons. The molecule has 0 amide bonds. The van der Waals surface area contributed by atoms with E-state index in [4.69, 9.17) is 10.2 Å². The predicted molar refractivity (Wildman–Crippen MR) is 65.4 cm³/mol. The minimum absolute atomic E-state index is 0.0436. The first kappa shape index (κ1) is 13.3. The lowest BCUT2D eigenvalue weighted by atomic mass is 10.2. The fourth-order valence-electron chi connectivity index (χ4n) is 1.34. The molecule has 3 N–H and O–H groups in total. The Labute approximate surface area is 108 Å². The average molecular weight is 286 g/mol. The highest BCUT2D eigenvalue weighted by Gasteiger charge is 2.20. The second-order valence-electron chi connectivity index (χ2n) is 3.85. The summed E-state index contributed by atoms with van der Waals surface area (Å²) in [5.74, 6) is -0.505. The van der Waals surface area contributed by atoms with Crippen LogP contribution in [0.5, 0.6) is 0 Å². The van der Waals surface area contributed by atoms with Crippen molar-refractivity contribution >= 4 is 21.7 Å². The van der Waals surface area contributed by atoms with Crippen LogP contribution in [0.1, 0.15) is 11.5 Å². The summed E-state index contributed by atoms with van der Waals surface area (Å²) in [7, 11) is -4.03. The predicted octanol–water partition coefficient (Wildman–Crippen LogP) is 1.21. The number of halogens is 1. The molecule has 19 heavy (non-hydrogen) atoms. The largest absolute Gasteiger partial charge is 0.408 e. The normalized spacial score (nSPS) is 11.5. The third-order valence-electron chi connectivity index (χ3n) is 2.42. The number of sulfonamides is 1. The van der Waals surface area contributed by atoms with Gasteiger partial charge in [0.1, 0.15) is 5.82 Å². The van der Waals surface area contributed by atoms with E-state index in [0.29, 0.717) is 0 Å². The molecule has 0 saturated heterocycles. The number of nitrogens with two attached hydrogens (primary N) is 1. The molecule has 9 heteroatoms. The van der Waals surface area contributed by atoms with Crippen molar-refractivity contribution in [1.82, 2.24) is 10.2 Å². The number of hydrogen-bond acceptors (Lipinski definition) is 6. The molecular weight excluding hydrogens is 275 g/mol. The minimum Gasteiger partial charge on any atom is -0.408 e. The van der Waals surface area contributed by atoms with E-state index < -0.39 is 15.8 Å². The maximum absolute atomic E-state index is 13.5. The van der Waals surface area contributed by atoms with Crippen LogP contribution in [0.25, 0.3) is 0 Å². The summed E-state index contributed by atoms with van der Waals surface area (Å²) in [5, 5.41) is 6.96. The van der Waals surface area contributed by atoms with Crippen LogP contribution in [0, 0.1) is 19.7 Å². The molecule has 0 bridgehead atoms. The molecule has 0 unspecified atom stereocenters. The second kappa shape index (κ2) is 4.50. The monoisotopic (exact) mass is 286 g/mol. The lowest BCUT2D eigenvalue weighted by Gasteiger charge is -2.07. The molecule has 0 atom stereocenters. The Morgan fingerprint density at radius 1 is 1.32 bits per heavy atom. The van der Waals surface area contributed by atoms with E-state index in [2.05, 4.69) is 10.2 Å². The third kappa shape index (κ3) is 2.65. The highest BCUT2D eigenvalue weighted by molar-refractivity contribution is 7.92. The zero-order valence-corrected chi connectivity index (χ0v) is 11.0. The minimum atomic E-state index is -4.03. The van der Waals surface area contributed by atoms with Crippen molar-refractivity contribution in [3.05, 3.63) is 29.4 Å². The summed E-state index contributed by atoms with van der Waals surface area (Å²) in [4.78, 5) is -0.316. The summed E-state index contributed by atoms with van der Waals surface area (Å²) in [6, 6.07) is 1.73.